The summed E-state index contributed by atoms with van der Waals surface area (Å²) in [5, 5.41) is 2.23. The predicted molar refractivity (Wildman–Crippen MR) is 88.2 cm³/mol. The minimum Gasteiger partial charge on any atom is -0.454 e. The minimum absolute atomic E-state index is 0.192. The molecule has 3 N–H and O–H groups in total. The van der Waals surface area contributed by atoms with Crippen molar-refractivity contribution in [1.82, 2.24) is 10.2 Å². The normalized spacial score (nSPS) is 16.7. The summed E-state index contributed by atoms with van der Waals surface area (Å²) in [6.07, 6.45) is 1.27. The van der Waals surface area contributed by atoms with Crippen molar-refractivity contribution >= 4 is 23.7 Å². The van der Waals surface area contributed by atoms with Crippen LogP contribution in [0.4, 0.5) is 4.39 Å². The van der Waals surface area contributed by atoms with Crippen LogP contribution >= 0.6 is 0 Å². The Hall–Kier alpha value is -2.97. The molecule has 0 spiro atoms. The molecule has 1 aromatic rings. The molecule has 1 aliphatic heterocycles. The number of amides is 3. The van der Waals surface area contributed by atoms with Gasteiger partial charge in [-0.1, -0.05) is 12.1 Å². The lowest BCUT2D eigenvalue weighted by Crippen LogP contribution is -2.45. The number of hydrogen-bond donors (Lipinski definition) is 2. The average Bonchev–Trinajstić information content (AvgIpc) is 2.64. The molecule has 1 atom stereocenters. The van der Waals surface area contributed by atoms with Crippen LogP contribution in [0.2, 0.25) is 0 Å². The summed E-state index contributed by atoms with van der Waals surface area (Å²) in [7, 11) is 0. The van der Waals surface area contributed by atoms with Crippen molar-refractivity contribution in [3.05, 3.63) is 35.6 Å². The number of carbonyl (C=O) groups is 4. The fourth-order valence-electron chi connectivity index (χ4n) is 2.61. The summed E-state index contributed by atoms with van der Waals surface area (Å²) in [5.41, 5.74) is 5.06. The van der Waals surface area contributed by atoms with Gasteiger partial charge in [0.1, 0.15) is 12.4 Å². The topological polar surface area (TPSA) is 119 Å². The number of esters is 1. The summed E-state index contributed by atoms with van der Waals surface area (Å²) >= 11 is 0. The van der Waals surface area contributed by atoms with Gasteiger partial charge in [0.15, 0.2) is 6.61 Å². The summed E-state index contributed by atoms with van der Waals surface area (Å²) in [6, 6.07) is 5.34. The Morgan fingerprint density at radius 2 is 2.00 bits per heavy atom. The number of nitrogens with two attached hydrogens (primary N) is 1. The van der Waals surface area contributed by atoms with E-state index in [1.54, 1.807) is 0 Å². The van der Waals surface area contributed by atoms with Crippen molar-refractivity contribution in [2.75, 3.05) is 26.2 Å². The maximum absolute atomic E-state index is 13.5. The minimum atomic E-state index is -0.827. The molecule has 0 aliphatic carbocycles. The van der Waals surface area contributed by atoms with Crippen LogP contribution in [0.3, 0.4) is 0 Å². The molecule has 140 valence electrons. The van der Waals surface area contributed by atoms with Crippen LogP contribution in [0, 0.1) is 11.7 Å². The highest BCUT2D eigenvalue weighted by molar-refractivity contribution is 5.96. The summed E-state index contributed by atoms with van der Waals surface area (Å²) in [4.78, 5) is 48.1. The molecule has 26 heavy (non-hydrogen) atoms. The fourth-order valence-corrected chi connectivity index (χ4v) is 2.61. The Morgan fingerprint density at radius 3 is 2.69 bits per heavy atom. The Kier molecular flexibility index (Phi) is 6.65. The SMILES string of the molecule is NC(=O)[C@@H]1CCCN(C(=O)COC(=O)CNC(=O)c2ccccc2F)C1. The highest BCUT2D eigenvalue weighted by Gasteiger charge is 2.27. The monoisotopic (exact) mass is 365 g/mol. The van der Waals surface area contributed by atoms with Gasteiger partial charge in [-0.2, -0.15) is 0 Å². The predicted octanol–water partition coefficient (Wildman–Crippen LogP) is -0.177. The molecule has 2 rings (SSSR count). The van der Waals surface area contributed by atoms with Crippen LogP contribution in [0.25, 0.3) is 0 Å². The van der Waals surface area contributed by atoms with E-state index < -0.39 is 48.6 Å². The number of rotatable bonds is 6. The van der Waals surface area contributed by atoms with E-state index in [0.29, 0.717) is 19.4 Å². The van der Waals surface area contributed by atoms with E-state index >= 15 is 0 Å². The molecule has 0 bridgehead atoms. The van der Waals surface area contributed by atoms with Gasteiger partial charge in [-0.15, -0.1) is 0 Å². The van der Waals surface area contributed by atoms with Crippen LogP contribution in [0.1, 0.15) is 23.2 Å². The van der Waals surface area contributed by atoms with E-state index in [9.17, 15) is 23.6 Å². The molecule has 0 saturated carbocycles. The fraction of sp³-hybridized carbons (Fsp3) is 0.412. The number of halogens is 1. The summed E-state index contributed by atoms with van der Waals surface area (Å²) < 4.78 is 18.3. The molecule has 3 amide bonds. The second-order valence-electron chi connectivity index (χ2n) is 5.90. The van der Waals surface area contributed by atoms with Crippen molar-refractivity contribution in [2.24, 2.45) is 11.7 Å². The van der Waals surface area contributed by atoms with Crippen LogP contribution in [0.15, 0.2) is 24.3 Å². The average molecular weight is 365 g/mol. The lowest BCUT2D eigenvalue weighted by atomic mass is 9.97. The standard InChI is InChI=1S/C17H20FN3O5/c18-13-6-2-1-5-12(13)17(25)20-8-15(23)26-10-14(22)21-7-3-4-11(9-21)16(19)24/h1-2,5-6,11H,3-4,7-10H2,(H2,19,24)(H,20,25)/t11-/m1/s1. The van der Waals surface area contributed by atoms with E-state index in [1.807, 2.05) is 0 Å². The molecule has 1 fully saturated rings. The lowest BCUT2D eigenvalue weighted by molar-refractivity contribution is -0.152. The third-order valence-electron chi connectivity index (χ3n) is 4.04. The van der Waals surface area contributed by atoms with Gasteiger partial charge in [-0.25, -0.2) is 4.39 Å². The molecule has 0 aromatic heterocycles. The zero-order valence-electron chi connectivity index (χ0n) is 14.1. The van der Waals surface area contributed by atoms with Gasteiger partial charge in [-0.05, 0) is 25.0 Å². The van der Waals surface area contributed by atoms with E-state index in [0.717, 1.165) is 6.07 Å². The van der Waals surface area contributed by atoms with E-state index in [1.165, 1.54) is 23.1 Å². The third-order valence-corrected chi connectivity index (χ3v) is 4.04. The Morgan fingerprint density at radius 1 is 1.27 bits per heavy atom. The molecule has 1 heterocycles. The quantitative estimate of drug-likeness (QED) is 0.678. The highest BCUT2D eigenvalue weighted by atomic mass is 19.1. The first-order valence-corrected chi connectivity index (χ1v) is 8.14. The molecule has 1 aliphatic rings. The van der Waals surface area contributed by atoms with Crippen LogP contribution in [0.5, 0.6) is 0 Å². The summed E-state index contributed by atoms with van der Waals surface area (Å²) in [5.74, 6) is -3.59. The van der Waals surface area contributed by atoms with Gasteiger partial charge in [0.05, 0.1) is 11.5 Å². The number of carbonyl (C=O) groups excluding carboxylic acids is 4. The molecular formula is C17H20FN3O5. The van der Waals surface area contributed by atoms with Crippen LogP contribution in [-0.2, 0) is 19.1 Å². The van der Waals surface area contributed by atoms with Gasteiger partial charge in [0, 0.05) is 13.1 Å². The zero-order valence-corrected chi connectivity index (χ0v) is 14.1. The molecule has 8 nitrogen and oxygen atoms in total. The lowest BCUT2D eigenvalue weighted by Gasteiger charge is -2.31. The summed E-state index contributed by atoms with van der Waals surface area (Å²) in [6.45, 7) is -0.329. The number of nitrogens with zero attached hydrogens (tertiary/aromatic N) is 1. The molecule has 1 saturated heterocycles. The van der Waals surface area contributed by atoms with E-state index in [-0.39, 0.29) is 12.1 Å². The van der Waals surface area contributed by atoms with Crippen molar-refractivity contribution in [3.63, 3.8) is 0 Å². The van der Waals surface area contributed by atoms with Gasteiger partial charge in [-0.3, -0.25) is 19.2 Å². The number of ether oxygens (including phenoxy) is 1. The number of benzene rings is 1. The van der Waals surface area contributed by atoms with Crippen LogP contribution < -0.4 is 11.1 Å². The maximum Gasteiger partial charge on any atom is 0.325 e. The van der Waals surface area contributed by atoms with Crippen molar-refractivity contribution < 1.29 is 28.3 Å². The second kappa shape index (κ2) is 8.93. The number of piperidine rings is 1. The van der Waals surface area contributed by atoms with Crippen molar-refractivity contribution in [1.29, 1.82) is 0 Å². The highest BCUT2D eigenvalue weighted by Crippen LogP contribution is 2.16. The van der Waals surface area contributed by atoms with E-state index in [2.05, 4.69) is 5.32 Å². The second-order valence-corrected chi connectivity index (χ2v) is 5.90. The van der Waals surface area contributed by atoms with E-state index in [4.69, 9.17) is 10.5 Å². The molecule has 1 aromatic carbocycles. The Balaban J connectivity index is 1.74. The number of nitrogens with one attached hydrogen (secondary N) is 1. The smallest absolute Gasteiger partial charge is 0.325 e. The van der Waals surface area contributed by atoms with Crippen LogP contribution in [-0.4, -0.2) is 54.8 Å². The number of primary amides is 1. The molecule has 0 radical (unpaired) electrons. The molecule has 0 unspecified atom stereocenters. The largest absolute Gasteiger partial charge is 0.454 e. The van der Waals surface area contributed by atoms with Gasteiger partial charge in [0.25, 0.3) is 11.8 Å². The van der Waals surface area contributed by atoms with Crippen molar-refractivity contribution in [2.45, 2.75) is 12.8 Å². The van der Waals surface area contributed by atoms with Gasteiger partial charge < -0.3 is 20.7 Å². The number of likely N-dealkylation sites (tertiary alicyclic amines) is 1. The van der Waals surface area contributed by atoms with Gasteiger partial charge in [0.2, 0.25) is 5.91 Å². The Labute approximate surface area is 149 Å². The first kappa shape index (κ1) is 19.4. The molecular weight excluding hydrogens is 345 g/mol. The third kappa shape index (κ3) is 5.27. The maximum atomic E-state index is 13.5. The first-order chi connectivity index (χ1) is 12.4. The number of hydrogen-bond acceptors (Lipinski definition) is 5. The molecule has 9 heteroatoms. The first-order valence-electron chi connectivity index (χ1n) is 8.14. The Bertz CT molecular complexity index is 709. The van der Waals surface area contributed by atoms with Crippen molar-refractivity contribution in [3.8, 4) is 0 Å². The van der Waals surface area contributed by atoms with Gasteiger partial charge >= 0.3 is 5.97 Å². The zero-order chi connectivity index (χ0) is 19.1.